The molecule has 0 bridgehead atoms. The van der Waals surface area contributed by atoms with Crippen LogP contribution in [-0.4, -0.2) is 22.3 Å². The number of alkyl halides is 3. The standard InChI is InChI=1S/C22H16ClF3N2OS/c1-2-21(29)28-11-17(15-9-20(23)30-19(15)12-28)14-6-4-3-5-13(14)16-10-27-8-7-18(16)22(24,25)26/h2-10,17H,1,11-12H2/t17-/m0/s1. The molecule has 3 heterocycles. The van der Waals surface area contributed by atoms with Gasteiger partial charge >= 0.3 is 6.18 Å². The molecular weight excluding hydrogens is 433 g/mol. The molecule has 2 aromatic heterocycles. The van der Waals surface area contributed by atoms with Crippen molar-refractivity contribution in [1.29, 1.82) is 0 Å². The number of pyridine rings is 1. The van der Waals surface area contributed by atoms with Gasteiger partial charge in [0.2, 0.25) is 5.91 Å². The highest BCUT2D eigenvalue weighted by atomic mass is 35.5. The summed E-state index contributed by atoms with van der Waals surface area (Å²) in [6.07, 6.45) is -0.902. The molecule has 1 aliphatic heterocycles. The Morgan fingerprint density at radius 2 is 2.00 bits per heavy atom. The van der Waals surface area contributed by atoms with Gasteiger partial charge in [-0.15, -0.1) is 11.3 Å². The molecule has 0 saturated carbocycles. The molecule has 1 aliphatic rings. The molecule has 0 N–H and O–H groups in total. The second-order valence-corrected chi connectivity index (χ2v) is 8.68. The van der Waals surface area contributed by atoms with Gasteiger partial charge in [0.25, 0.3) is 0 Å². The molecule has 3 nitrogen and oxygen atoms in total. The van der Waals surface area contributed by atoms with Crippen molar-refractivity contribution in [2.45, 2.75) is 18.6 Å². The average molecular weight is 449 g/mol. The van der Waals surface area contributed by atoms with Crippen molar-refractivity contribution in [3.05, 3.63) is 87.4 Å². The van der Waals surface area contributed by atoms with Crippen LogP contribution in [0.2, 0.25) is 4.34 Å². The van der Waals surface area contributed by atoms with Crippen LogP contribution in [0.1, 0.15) is 27.5 Å². The van der Waals surface area contributed by atoms with Crippen LogP contribution in [0.5, 0.6) is 0 Å². The lowest BCUT2D eigenvalue weighted by atomic mass is 9.83. The Bertz CT molecular complexity index is 1130. The van der Waals surface area contributed by atoms with Gasteiger partial charge in [0.1, 0.15) is 0 Å². The number of benzene rings is 1. The van der Waals surface area contributed by atoms with Crippen molar-refractivity contribution in [3.63, 3.8) is 0 Å². The van der Waals surface area contributed by atoms with E-state index in [2.05, 4.69) is 11.6 Å². The highest BCUT2D eigenvalue weighted by Crippen LogP contribution is 2.44. The maximum absolute atomic E-state index is 13.7. The Morgan fingerprint density at radius 1 is 1.23 bits per heavy atom. The van der Waals surface area contributed by atoms with E-state index >= 15 is 0 Å². The molecule has 0 fully saturated rings. The minimum absolute atomic E-state index is 0.00986. The Kier molecular flexibility index (Phi) is 5.42. The molecule has 0 aliphatic carbocycles. The first-order valence-corrected chi connectivity index (χ1v) is 10.3. The first-order chi connectivity index (χ1) is 14.3. The third-order valence-electron chi connectivity index (χ3n) is 5.16. The van der Waals surface area contributed by atoms with E-state index in [0.29, 0.717) is 28.6 Å². The zero-order valence-electron chi connectivity index (χ0n) is 15.6. The van der Waals surface area contributed by atoms with Crippen LogP contribution in [-0.2, 0) is 17.5 Å². The molecule has 8 heteroatoms. The van der Waals surface area contributed by atoms with Gasteiger partial charge < -0.3 is 4.90 Å². The molecule has 0 spiro atoms. The third kappa shape index (κ3) is 3.75. The molecule has 30 heavy (non-hydrogen) atoms. The first-order valence-electron chi connectivity index (χ1n) is 9.09. The summed E-state index contributed by atoms with van der Waals surface area (Å²) in [5.41, 5.74) is 1.32. The normalized spacial score (nSPS) is 16.3. The molecule has 0 saturated heterocycles. The van der Waals surface area contributed by atoms with Gasteiger partial charge in [0, 0.05) is 35.3 Å². The molecular formula is C22H16ClF3N2OS. The van der Waals surface area contributed by atoms with E-state index in [4.69, 9.17) is 11.6 Å². The lowest BCUT2D eigenvalue weighted by molar-refractivity contribution is -0.137. The van der Waals surface area contributed by atoms with Crippen LogP contribution in [0, 0.1) is 0 Å². The van der Waals surface area contributed by atoms with E-state index in [1.165, 1.54) is 23.6 Å². The number of thiophene rings is 1. The van der Waals surface area contributed by atoms with Crippen LogP contribution in [0.15, 0.2) is 61.4 Å². The summed E-state index contributed by atoms with van der Waals surface area (Å²) in [4.78, 5) is 18.8. The number of aromatic nitrogens is 1. The maximum Gasteiger partial charge on any atom is 0.417 e. The fourth-order valence-corrected chi connectivity index (χ4v) is 5.21. The summed E-state index contributed by atoms with van der Waals surface area (Å²) < 4.78 is 41.5. The predicted molar refractivity (Wildman–Crippen MR) is 111 cm³/mol. The van der Waals surface area contributed by atoms with E-state index in [1.54, 1.807) is 29.2 Å². The van der Waals surface area contributed by atoms with Crippen molar-refractivity contribution >= 4 is 28.8 Å². The monoisotopic (exact) mass is 448 g/mol. The summed E-state index contributed by atoms with van der Waals surface area (Å²) in [7, 11) is 0. The number of rotatable bonds is 3. The van der Waals surface area contributed by atoms with Crippen molar-refractivity contribution < 1.29 is 18.0 Å². The number of fused-ring (bicyclic) bond motifs is 1. The minimum Gasteiger partial charge on any atom is -0.333 e. The van der Waals surface area contributed by atoms with Gasteiger partial charge in [0.05, 0.1) is 16.4 Å². The summed E-state index contributed by atoms with van der Waals surface area (Å²) >= 11 is 7.62. The van der Waals surface area contributed by atoms with Crippen LogP contribution in [0.25, 0.3) is 11.1 Å². The highest BCUT2D eigenvalue weighted by molar-refractivity contribution is 7.16. The molecule has 0 radical (unpaired) electrons. The van der Waals surface area contributed by atoms with Crippen molar-refractivity contribution in [3.8, 4) is 11.1 Å². The van der Waals surface area contributed by atoms with Crippen LogP contribution in [0.4, 0.5) is 13.2 Å². The molecule has 1 atom stereocenters. The molecule has 3 aromatic rings. The quantitative estimate of drug-likeness (QED) is 0.451. The van der Waals surface area contributed by atoms with E-state index in [0.717, 1.165) is 22.7 Å². The summed E-state index contributed by atoms with van der Waals surface area (Å²) in [6.45, 7) is 4.27. The van der Waals surface area contributed by atoms with Gasteiger partial charge in [-0.05, 0) is 34.9 Å². The summed E-state index contributed by atoms with van der Waals surface area (Å²) in [5.74, 6) is -0.552. The number of halogens is 4. The van der Waals surface area contributed by atoms with Crippen molar-refractivity contribution in [2.24, 2.45) is 0 Å². The number of hydrogen-bond donors (Lipinski definition) is 0. The van der Waals surface area contributed by atoms with Gasteiger partial charge in [-0.25, -0.2) is 0 Å². The van der Waals surface area contributed by atoms with E-state index < -0.39 is 11.7 Å². The summed E-state index contributed by atoms with van der Waals surface area (Å²) in [6, 6.07) is 9.75. The van der Waals surface area contributed by atoms with E-state index in [1.807, 2.05) is 6.07 Å². The average Bonchev–Trinajstić information content (AvgIpc) is 3.12. The third-order valence-corrected chi connectivity index (χ3v) is 6.43. The van der Waals surface area contributed by atoms with Crippen LogP contribution < -0.4 is 0 Å². The van der Waals surface area contributed by atoms with Crippen molar-refractivity contribution in [2.75, 3.05) is 6.54 Å². The second kappa shape index (κ2) is 7.89. The van der Waals surface area contributed by atoms with Gasteiger partial charge in [-0.1, -0.05) is 42.4 Å². The maximum atomic E-state index is 13.7. The predicted octanol–water partition coefficient (Wildman–Crippen LogP) is 6.14. The molecule has 1 amide bonds. The largest absolute Gasteiger partial charge is 0.417 e. The fourth-order valence-electron chi connectivity index (χ4n) is 3.85. The molecule has 154 valence electrons. The molecule has 1 aromatic carbocycles. The number of carbonyl (C=O) groups excluding carboxylic acids is 1. The Hall–Kier alpha value is -2.64. The van der Waals surface area contributed by atoms with E-state index in [-0.39, 0.29) is 17.4 Å². The van der Waals surface area contributed by atoms with Crippen LogP contribution >= 0.6 is 22.9 Å². The van der Waals surface area contributed by atoms with Crippen LogP contribution in [0.3, 0.4) is 0 Å². The first kappa shape index (κ1) is 20.6. The molecule has 0 unspecified atom stereocenters. The summed E-state index contributed by atoms with van der Waals surface area (Å²) in [5, 5.41) is 0. The lowest BCUT2D eigenvalue weighted by Gasteiger charge is -2.33. The number of hydrogen-bond acceptors (Lipinski definition) is 3. The smallest absolute Gasteiger partial charge is 0.333 e. The number of nitrogens with zero attached hydrogens (tertiary/aromatic N) is 2. The Labute approximate surface area is 180 Å². The lowest BCUT2D eigenvalue weighted by Crippen LogP contribution is -2.37. The van der Waals surface area contributed by atoms with E-state index in [9.17, 15) is 18.0 Å². The topological polar surface area (TPSA) is 33.2 Å². The van der Waals surface area contributed by atoms with Gasteiger partial charge in [-0.3, -0.25) is 9.78 Å². The highest BCUT2D eigenvalue weighted by Gasteiger charge is 2.36. The zero-order chi connectivity index (χ0) is 21.5. The number of carbonyl (C=O) groups is 1. The Morgan fingerprint density at radius 3 is 2.73 bits per heavy atom. The SMILES string of the molecule is C=CC(=O)N1Cc2sc(Cl)cc2[C@H](c2ccccc2-c2cnccc2C(F)(F)F)C1. The van der Waals surface area contributed by atoms with Gasteiger partial charge in [-0.2, -0.15) is 13.2 Å². The zero-order valence-corrected chi connectivity index (χ0v) is 17.2. The molecule has 4 rings (SSSR count). The van der Waals surface area contributed by atoms with Crippen molar-refractivity contribution in [1.82, 2.24) is 9.88 Å². The number of amides is 1. The second-order valence-electron chi connectivity index (χ2n) is 6.91. The fraction of sp³-hybridized carbons (Fsp3) is 0.182. The van der Waals surface area contributed by atoms with Gasteiger partial charge in [0.15, 0.2) is 0 Å². The Balaban J connectivity index is 1.89. The minimum atomic E-state index is -4.51.